The maximum atomic E-state index is 11.4. The van der Waals surface area contributed by atoms with Crippen molar-refractivity contribution in [3.63, 3.8) is 0 Å². The van der Waals surface area contributed by atoms with E-state index in [1.807, 2.05) is 6.07 Å². The van der Waals surface area contributed by atoms with E-state index < -0.39 is 0 Å². The topological polar surface area (TPSA) is 127 Å². The third-order valence-electron chi connectivity index (χ3n) is 4.96. The lowest BCUT2D eigenvalue weighted by atomic mass is 9.39. The molecule has 0 spiro atoms. The summed E-state index contributed by atoms with van der Waals surface area (Å²) < 4.78 is 0. The fourth-order valence-electron chi connectivity index (χ4n) is 3.79. The number of nitrogens with zero attached hydrogens (tertiary/aromatic N) is 2. The van der Waals surface area contributed by atoms with Crippen LogP contribution in [-0.2, 0) is 4.79 Å². The highest BCUT2D eigenvalue weighted by Gasteiger charge is 2.71. The van der Waals surface area contributed by atoms with Crippen molar-refractivity contribution in [3.05, 3.63) is 30.3 Å². The highest BCUT2D eigenvalue weighted by molar-refractivity contribution is 5.86. The summed E-state index contributed by atoms with van der Waals surface area (Å²) in [6.45, 7) is 0. The number of aromatic hydroxyl groups is 1. The molecule has 0 unspecified atom stereocenters. The van der Waals surface area contributed by atoms with Crippen molar-refractivity contribution in [2.24, 2.45) is 11.1 Å². The first-order valence-corrected chi connectivity index (χ1v) is 7.43. The number of hydrogen-bond acceptors (Lipinski definition) is 6. The summed E-state index contributed by atoms with van der Waals surface area (Å²) in [5, 5.41) is 21.3. The zero-order chi connectivity index (χ0) is 16.2. The number of carbonyl (C=O) groups is 1. The van der Waals surface area contributed by atoms with E-state index in [2.05, 4.69) is 15.5 Å². The van der Waals surface area contributed by atoms with Gasteiger partial charge >= 0.3 is 0 Å². The summed E-state index contributed by atoms with van der Waals surface area (Å²) >= 11 is 0. The van der Waals surface area contributed by atoms with E-state index in [0.29, 0.717) is 22.8 Å². The van der Waals surface area contributed by atoms with E-state index in [4.69, 9.17) is 11.5 Å². The number of phenolic OH excluding ortho intramolecular Hbond substituents is 1. The summed E-state index contributed by atoms with van der Waals surface area (Å²) in [5.41, 5.74) is 12.7. The second-order valence-corrected chi connectivity index (χ2v) is 6.63. The number of nitrogens with two attached hydrogens (primary N) is 2. The van der Waals surface area contributed by atoms with Crippen molar-refractivity contribution in [2.45, 2.75) is 24.8 Å². The number of aromatic nitrogens is 2. The smallest absolute Gasteiger partial charge is 0.223 e. The van der Waals surface area contributed by atoms with Gasteiger partial charge in [0.1, 0.15) is 5.75 Å². The first-order chi connectivity index (χ1) is 10.9. The third kappa shape index (κ3) is 1.93. The molecule has 23 heavy (non-hydrogen) atoms. The minimum Gasteiger partial charge on any atom is -0.507 e. The van der Waals surface area contributed by atoms with E-state index in [-0.39, 0.29) is 22.6 Å². The van der Waals surface area contributed by atoms with E-state index in [9.17, 15) is 9.90 Å². The number of phenols is 1. The molecule has 1 aromatic heterocycles. The Morgan fingerprint density at radius 2 is 1.91 bits per heavy atom. The average molecular weight is 311 g/mol. The van der Waals surface area contributed by atoms with E-state index in [0.717, 1.165) is 19.3 Å². The first-order valence-electron chi connectivity index (χ1n) is 7.43. The number of anilines is 2. The zero-order valence-corrected chi connectivity index (χ0v) is 12.4. The molecule has 2 aromatic rings. The van der Waals surface area contributed by atoms with Gasteiger partial charge in [0.2, 0.25) is 5.91 Å². The number of carbonyl (C=O) groups excluding carboxylic acids is 1. The molecule has 0 saturated heterocycles. The lowest BCUT2D eigenvalue weighted by Gasteiger charge is -2.69. The van der Waals surface area contributed by atoms with Gasteiger partial charge in [-0.15, -0.1) is 10.2 Å². The van der Waals surface area contributed by atoms with Gasteiger partial charge in [-0.05, 0) is 37.5 Å². The Morgan fingerprint density at radius 1 is 1.22 bits per heavy atom. The van der Waals surface area contributed by atoms with Crippen LogP contribution in [-0.4, -0.2) is 26.7 Å². The van der Waals surface area contributed by atoms with Gasteiger partial charge in [0.15, 0.2) is 5.82 Å². The highest BCUT2D eigenvalue weighted by atomic mass is 16.3. The highest BCUT2D eigenvalue weighted by Crippen LogP contribution is 2.68. The summed E-state index contributed by atoms with van der Waals surface area (Å²) in [7, 11) is 0. The molecule has 0 atom stereocenters. The fourth-order valence-corrected chi connectivity index (χ4v) is 3.79. The van der Waals surface area contributed by atoms with E-state index >= 15 is 0 Å². The molecule has 7 nitrogen and oxygen atoms in total. The van der Waals surface area contributed by atoms with E-state index in [1.165, 1.54) is 0 Å². The first kappa shape index (κ1) is 13.8. The average Bonchev–Trinajstić information content (AvgIpc) is 2.43. The van der Waals surface area contributed by atoms with Gasteiger partial charge in [-0.25, -0.2) is 0 Å². The summed E-state index contributed by atoms with van der Waals surface area (Å²) in [6.07, 6.45) is 2.18. The van der Waals surface area contributed by atoms with Gasteiger partial charge < -0.3 is 21.9 Å². The summed E-state index contributed by atoms with van der Waals surface area (Å²) in [4.78, 5) is 11.4. The summed E-state index contributed by atoms with van der Waals surface area (Å²) in [5.74, 6) is 0.203. The predicted octanol–water partition coefficient (Wildman–Crippen LogP) is 1.25. The van der Waals surface area contributed by atoms with Crippen molar-refractivity contribution in [3.8, 4) is 17.0 Å². The molecule has 1 amide bonds. The number of benzene rings is 1. The van der Waals surface area contributed by atoms with Crippen LogP contribution >= 0.6 is 0 Å². The Morgan fingerprint density at radius 3 is 2.57 bits per heavy atom. The van der Waals surface area contributed by atoms with Crippen molar-refractivity contribution in [2.75, 3.05) is 11.1 Å². The third-order valence-corrected chi connectivity index (χ3v) is 4.96. The van der Waals surface area contributed by atoms with Crippen LogP contribution in [0, 0.1) is 5.41 Å². The van der Waals surface area contributed by atoms with Crippen LogP contribution in [0.1, 0.15) is 19.3 Å². The number of hydrogen-bond donors (Lipinski definition) is 4. The molecule has 6 N–H and O–H groups in total. The molecule has 7 heteroatoms. The molecule has 118 valence electrons. The predicted molar refractivity (Wildman–Crippen MR) is 85.4 cm³/mol. The van der Waals surface area contributed by atoms with Crippen LogP contribution in [0.5, 0.6) is 5.75 Å². The van der Waals surface area contributed by atoms with Gasteiger partial charge in [-0.2, -0.15) is 0 Å². The number of rotatable bonds is 4. The molecule has 0 aliphatic heterocycles. The van der Waals surface area contributed by atoms with Gasteiger partial charge in [0.25, 0.3) is 0 Å². The molecule has 3 saturated carbocycles. The molecule has 3 aliphatic carbocycles. The van der Waals surface area contributed by atoms with E-state index in [1.54, 1.807) is 24.3 Å². The standard InChI is InChI=1S/C16H17N5O2/c17-13-11(19-16-6-15(7-16,8-16)14(18)23)5-10(20-21-13)9-3-1-2-4-12(9)22/h1-5,22H,6-8H2,(H2,17,21)(H2,18,23)(H,19,20). The second-order valence-electron chi connectivity index (χ2n) is 6.63. The maximum Gasteiger partial charge on any atom is 0.223 e. The Balaban J connectivity index is 1.60. The second kappa shape index (κ2) is 4.34. The zero-order valence-electron chi connectivity index (χ0n) is 12.4. The monoisotopic (exact) mass is 311 g/mol. The number of nitrogen functional groups attached to an aromatic ring is 1. The molecule has 0 radical (unpaired) electrons. The molecule has 3 fully saturated rings. The van der Waals surface area contributed by atoms with Crippen molar-refractivity contribution >= 4 is 17.4 Å². The molecular formula is C16H17N5O2. The molecule has 5 rings (SSSR count). The molecule has 2 bridgehead atoms. The maximum absolute atomic E-state index is 11.4. The minimum absolute atomic E-state index is 0.123. The fraction of sp³-hybridized carbons (Fsp3) is 0.312. The van der Waals surface area contributed by atoms with Crippen LogP contribution in [0.2, 0.25) is 0 Å². The lowest BCUT2D eigenvalue weighted by Crippen LogP contribution is -2.74. The Kier molecular flexibility index (Phi) is 2.61. The van der Waals surface area contributed by atoms with Gasteiger partial charge in [0.05, 0.1) is 16.8 Å². The minimum atomic E-state index is -0.331. The molecule has 1 heterocycles. The Bertz CT molecular complexity index is 800. The normalized spacial score (nSPS) is 27.7. The van der Waals surface area contributed by atoms with Crippen molar-refractivity contribution < 1.29 is 9.90 Å². The number of amides is 1. The van der Waals surface area contributed by atoms with Gasteiger partial charge in [-0.3, -0.25) is 4.79 Å². The number of nitrogens with one attached hydrogen (secondary N) is 1. The van der Waals surface area contributed by atoms with Crippen LogP contribution in [0.3, 0.4) is 0 Å². The lowest BCUT2D eigenvalue weighted by molar-refractivity contribution is -0.163. The van der Waals surface area contributed by atoms with Crippen LogP contribution in [0.15, 0.2) is 30.3 Å². The molecule has 3 aliphatic rings. The SMILES string of the molecule is NC(=O)C12CC(Nc3cc(-c4ccccc4O)nnc3N)(C1)C2. The van der Waals surface area contributed by atoms with Crippen molar-refractivity contribution in [1.29, 1.82) is 0 Å². The van der Waals surface area contributed by atoms with Crippen LogP contribution in [0.4, 0.5) is 11.5 Å². The van der Waals surface area contributed by atoms with Crippen LogP contribution in [0.25, 0.3) is 11.3 Å². The number of para-hydroxylation sites is 1. The van der Waals surface area contributed by atoms with Gasteiger partial charge in [-0.1, -0.05) is 12.1 Å². The van der Waals surface area contributed by atoms with Gasteiger partial charge in [0, 0.05) is 11.1 Å². The molecule has 1 aromatic carbocycles. The van der Waals surface area contributed by atoms with Crippen LogP contribution < -0.4 is 16.8 Å². The Hall–Kier alpha value is -2.83. The number of primary amides is 1. The quantitative estimate of drug-likeness (QED) is 0.673. The Labute approximate surface area is 132 Å². The van der Waals surface area contributed by atoms with Crippen molar-refractivity contribution in [1.82, 2.24) is 10.2 Å². The molecular weight excluding hydrogens is 294 g/mol. The largest absolute Gasteiger partial charge is 0.507 e. The summed E-state index contributed by atoms with van der Waals surface area (Å²) in [6, 6.07) is 8.70.